The Labute approximate surface area is 140 Å². The van der Waals surface area contributed by atoms with Crippen LogP contribution in [0.15, 0.2) is 60.8 Å². The van der Waals surface area contributed by atoms with Crippen LogP contribution in [0.1, 0.15) is 16.1 Å². The van der Waals surface area contributed by atoms with Crippen molar-refractivity contribution in [3.63, 3.8) is 0 Å². The third-order valence-corrected chi connectivity index (χ3v) is 4.57. The zero-order chi connectivity index (χ0) is 16.7. The molecular weight excluding hydrogens is 298 g/mol. The van der Waals surface area contributed by atoms with Crippen LogP contribution in [0.2, 0.25) is 0 Å². The second-order valence-corrected chi connectivity index (χ2v) is 5.87. The van der Waals surface area contributed by atoms with Crippen LogP contribution in [-0.4, -0.2) is 17.8 Å². The van der Waals surface area contributed by atoms with Gasteiger partial charge in [0, 0.05) is 22.7 Å². The van der Waals surface area contributed by atoms with Crippen LogP contribution >= 0.6 is 0 Å². The van der Waals surface area contributed by atoms with Crippen LogP contribution in [0.25, 0.3) is 27.4 Å². The number of pyridine rings is 1. The molecule has 2 heterocycles. The molecule has 0 amide bonds. The lowest BCUT2D eigenvalue weighted by molar-refractivity contribution is 0.111. The Hall–Kier alpha value is -3.07. The molecule has 2 aromatic carbocycles. The monoisotopic (exact) mass is 315 g/mol. The molecule has 0 spiro atoms. The first kappa shape index (κ1) is 14.5. The average Bonchev–Trinajstić information content (AvgIpc) is 3.00. The van der Waals surface area contributed by atoms with E-state index in [9.17, 15) is 4.79 Å². The topological polar surface area (TPSA) is 30.7 Å². The molecule has 3 nitrogen and oxygen atoms in total. The van der Waals surface area contributed by atoms with Gasteiger partial charge in [0.25, 0.3) is 0 Å². The van der Waals surface area contributed by atoms with Crippen molar-refractivity contribution < 1.29 is 9.53 Å². The highest BCUT2D eigenvalue weighted by molar-refractivity contribution is 6.04. The van der Waals surface area contributed by atoms with Gasteiger partial charge in [-0.05, 0) is 47.7 Å². The van der Waals surface area contributed by atoms with Gasteiger partial charge in [-0.2, -0.15) is 0 Å². The number of hydrogen-bond acceptors (Lipinski definition) is 2. The molecule has 0 radical (unpaired) electrons. The zero-order valence-electron chi connectivity index (χ0n) is 13.6. The first-order valence-corrected chi connectivity index (χ1v) is 7.86. The summed E-state index contributed by atoms with van der Waals surface area (Å²) < 4.78 is 7.43. The molecule has 4 aromatic rings. The SMILES string of the molecule is COc1ccc(-c2cc3c(C)cccn3c2C=O)c2ccccc12. The van der Waals surface area contributed by atoms with Crippen molar-refractivity contribution >= 4 is 22.6 Å². The van der Waals surface area contributed by atoms with Crippen molar-refractivity contribution in [3.8, 4) is 16.9 Å². The lowest BCUT2D eigenvalue weighted by Crippen LogP contribution is -1.93. The zero-order valence-corrected chi connectivity index (χ0v) is 13.6. The summed E-state index contributed by atoms with van der Waals surface area (Å²) in [5, 5.41) is 2.12. The van der Waals surface area contributed by atoms with E-state index in [1.807, 2.05) is 47.0 Å². The van der Waals surface area contributed by atoms with Gasteiger partial charge in [-0.15, -0.1) is 0 Å². The van der Waals surface area contributed by atoms with E-state index in [0.717, 1.165) is 45.0 Å². The summed E-state index contributed by atoms with van der Waals surface area (Å²) in [6.45, 7) is 2.06. The molecule has 0 aliphatic heterocycles. The van der Waals surface area contributed by atoms with Crippen molar-refractivity contribution in [2.45, 2.75) is 6.92 Å². The van der Waals surface area contributed by atoms with E-state index in [4.69, 9.17) is 4.74 Å². The normalized spacial score (nSPS) is 11.1. The number of fused-ring (bicyclic) bond motifs is 2. The summed E-state index contributed by atoms with van der Waals surface area (Å²) in [5.74, 6) is 0.835. The van der Waals surface area contributed by atoms with Gasteiger partial charge < -0.3 is 9.14 Å². The molecule has 0 aliphatic carbocycles. The molecule has 0 bridgehead atoms. The largest absolute Gasteiger partial charge is 0.496 e. The van der Waals surface area contributed by atoms with Crippen molar-refractivity contribution in [2.24, 2.45) is 0 Å². The highest BCUT2D eigenvalue weighted by Crippen LogP contribution is 2.37. The van der Waals surface area contributed by atoms with E-state index >= 15 is 0 Å². The Morgan fingerprint density at radius 3 is 2.50 bits per heavy atom. The van der Waals surface area contributed by atoms with Gasteiger partial charge in [-0.3, -0.25) is 4.79 Å². The van der Waals surface area contributed by atoms with E-state index in [-0.39, 0.29) is 0 Å². The third-order valence-electron chi connectivity index (χ3n) is 4.57. The molecule has 3 heteroatoms. The lowest BCUT2D eigenvalue weighted by Gasteiger charge is -2.10. The second-order valence-electron chi connectivity index (χ2n) is 5.87. The number of aromatic nitrogens is 1. The highest BCUT2D eigenvalue weighted by Gasteiger charge is 2.15. The number of carbonyl (C=O) groups excluding carboxylic acids is 1. The molecule has 0 aliphatic rings. The maximum Gasteiger partial charge on any atom is 0.167 e. The number of hydrogen-bond donors (Lipinski definition) is 0. The molecule has 2 aromatic heterocycles. The van der Waals surface area contributed by atoms with Crippen LogP contribution in [0.4, 0.5) is 0 Å². The molecule has 118 valence electrons. The maximum absolute atomic E-state index is 11.8. The Balaban J connectivity index is 2.11. The Morgan fingerprint density at radius 2 is 1.75 bits per heavy atom. The number of aryl methyl sites for hydroxylation is 1. The first-order chi connectivity index (χ1) is 11.7. The number of nitrogens with zero attached hydrogens (tertiary/aromatic N) is 1. The number of methoxy groups -OCH3 is 1. The molecule has 0 saturated heterocycles. The van der Waals surface area contributed by atoms with Crippen molar-refractivity contribution in [1.82, 2.24) is 4.40 Å². The summed E-state index contributed by atoms with van der Waals surface area (Å²) in [5.41, 5.74) is 4.85. The van der Waals surface area contributed by atoms with Gasteiger partial charge in [0.05, 0.1) is 12.8 Å². The van der Waals surface area contributed by atoms with Gasteiger partial charge >= 0.3 is 0 Å². The lowest BCUT2D eigenvalue weighted by atomic mass is 9.97. The second kappa shape index (κ2) is 5.53. The Bertz CT molecular complexity index is 1080. The van der Waals surface area contributed by atoms with Gasteiger partial charge in [-0.1, -0.05) is 30.3 Å². The summed E-state index contributed by atoms with van der Waals surface area (Å²) in [4.78, 5) is 11.8. The minimum atomic E-state index is 0.670. The van der Waals surface area contributed by atoms with Crippen molar-refractivity contribution in [3.05, 3.63) is 72.1 Å². The average molecular weight is 315 g/mol. The highest BCUT2D eigenvalue weighted by atomic mass is 16.5. The van der Waals surface area contributed by atoms with E-state index in [1.165, 1.54) is 0 Å². The molecule has 0 saturated carbocycles. The van der Waals surface area contributed by atoms with Gasteiger partial charge in [-0.25, -0.2) is 0 Å². The third kappa shape index (κ3) is 2.02. The molecule has 0 fully saturated rings. The summed E-state index contributed by atoms with van der Waals surface area (Å²) in [6.07, 6.45) is 2.86. The molecule has 0 unspecified atom stereocenters. The number of carbonyl (C=O) groups is 1. The van der Waals surface area contributed by atoms with Crippen LogP contribution in [0.3, 0.4) is 0 Å². The Morgan fingerprint density at radius 1 is 0.958 bits per heavy atom. The van der Waals surface area contributed by atoms with Gasteiger partial charge in [0.2, 0.25) is 0 Å². The predicted molar refractivity (Wildman–Crippen MR) is 97.0 cm³/mol. The molecule has 0 atom stereocenters. The maximum atomic E-state index is 11.8. The number of benzene rings is 2. The summed E-state index contributed by atoms with van der Waals surface area (Å²) in [7, 11) is 1.67. The summed E-state index contributed by atoms with van der Waals surface area (Å²) in [6, 6.07) is 18.2. The fraction of sp³-hybridized carbons (Fsp3) is 0.0952. The number of rotatable bonds is 3. The smallest absolute Gasteiger partial charge is 0.167 e. The van der Waals surface area contributed by atoms with Gasteiger partial charge in [0.15, 0.2) is 6.29 Å². The van der Waals surface area contributed by atoms with Crippen LogP contribution in [-0.2, 0) is 0 Å². The van der Waals surface area contributed by atoms with Crippen LogP contribution in [0.5, 0.6) is 5.75 Å². The van der Waals surface area contributed by atoms with Crippen LogP contribution < -0.4 is 4.74 Å². The molecule has 0 N–H and O–H groups in total. The molecular formula is C21H17NO2. The minimum absolute atomic E-state index is 0.670. The Kier molecular flexibility index (Phi) is 3.35. The van der Waals surface area contributed by atoms with E-state index < -0.39 is 0 Å². The fourth-order valence-electron chi connectivity index (χ4n) is 3.38. The van der Waals surface area contributed by atoms with E-state index in [1.54, 1.807) is 7.11 Å². The van der Waals surface area contributed by atoms with E-state index in [2.05, 4.69) is 25.1 Å². The quantitative estimate of drug-likeness (QED) is 0.504. The standard InChI is InChI=1S/C21H17NO2/c1-14-6-5-11-22-19(14)12-18(20(22)13-23)16-9-10-21(24-2)17-8-4-3-7-15(16)17/h3-13H,1-2H3. The van der Waals surface area contributed by atoms with E-state index in [0.29, 0.717) is 5.69 Å². The fourth-order valence-corrected chi connectivity index (χ4v) is 3.38. The van der Waals surface area contributed by atoms with Gasteiger partial charge in [0.1, 0.15) is 5.75 Å². The number of aldehydes is 1. The molecule has 24 heavy (non-hydrogen) atoms. The van der Waals surface area contributed by atoms with Crippen molar-refractivity contribution in [2.75, 3.05) is 7.11 Å². The predicted octanol–water partition coefficient (Wildman–Crippen LogP) is 4.89. The molecule has 4 rings (SSSR count). The minimum Gasteiger partial charge on any atom is -0.496 e. The van der Waals surface area contributed by atoms with Crippen molar-refractivity contribution in [1.29, 1.82) is 0 Å². The summed E-state index contributed by atoms with van der Waals surface area (Å²) >= 11 is 0. The first-order valence-electron chi connectivity index (χ1n) is 7.86. The number of ether oxygens (including phenoxy) is 1. The van der Waals surface area contributed by atoms with Crippen LogP contribution in [0, 0.1) is 6.92 Å².